The molecule has 2 aliphatic heterocycles. The van der Waals surface area contributed by atoms with Gasteiger partial charge in [0.05, 0.1) is 5.71 Å². The van der Waals surface area contributed by atoms with E-state index in [-0.39, 0.29) is 19.3 Å². The number of rotatable bonds is 4. The molecule has 0 bridgehead atoms. The molecule has 140 valence electrons. The lowest BCUT2D eigenvalue weighted by molar-refractivity contribution is -0.139. The zero-order valence-corrected chi connectivity index (χ0v) is 15.3. The van der Waals surface area contributed by atoms with Gasteiger partial charge < -0.3 is 19.2 Å². The van der Waals surface area contributed by atoms with E-state index in [0.29, 0.717) is 17.4 Å². The number of likely N-dealkylation sites (tertiary alicyclic amines) is 1. The van der Waals surface area contributed by atoms with Gasteiger partial charge in [0.15, 0.2) is 18.1 Å². The molecule has 0 unspecified atom stereocenters. The second-order valence-electron chi connectivity index (χ2n) is 7.45. The number of carbonyl (C=O) groups is 1. The Kier molecular flexibility index (Phi) is 5.00. The molecule has 2 atom stereocenters. The first-order chi connectivity index (χ1) is 12.7. The number of benzene rings is 1. The van der Waals surface area contributed by atoms with E-state index in [0.717, 1.165) is 36.7 Å². The molecule has 0 N–H and O–H groups in total. The maximum absolute atomic E-state index is 12.4. The third-order valence-corrected chi connectivity index (χ3v) is 5.82. The highest BCUT2D eigenvalue weighted by molar-refractivity contribution is 5.99. The molecule has 6 nitrogen and oxygen atoms in total. The second-order valence-corrected chi connectivity index (χ2v) is 7.45. The Morgan fingerprint density at radius 3 is 2.88 bits per heavy atom. The molecule has 1 aromatic carbocycles. The molecule has 2 heterocycles. The van der Waals surface area contributed by atoms with Crippen molar-refractivity contribution in [2.24, 2.45) is 17.0 Å². The predicted molar refractivity (Wildman–Crippen MR) is 97.4 cm³/mol. The summed E-state index contributed by atoms with van der Waals surface area (Å²) in [5.74, 6) is 2.99. The molecule has 1 saturated heterocycles. The van der Waals surface area contributed by atoms with E-state index in [1.165, 1.54) is 25.7 Å². The normalized spacial score (nSPS) is 25.0. The fraction of sp³-hybridized carbons (Fsp3) is 0.600. The van der Waals surface area contributed by atoms with Gasteiger partial charge in [-0.05, 0) is 49.8 Å². The average molecular weight is 358 g/mol. The van der Waals surface area contributed by atoms with Crippen LogP contribution >= 0.6 is 0 Å². The molecule has 26 heavy (non-hydrogen) atoms. The van der Waals surface area contributed by atoms with E-state index >= 15 is 0 Å². The summed E-state index contributed by atoms with van der Waals surface area (Å²) in [4.78, 5) is 19.7. The van der Waals surface area contributed by atoms with E-state index < -0.39 is 0 Å². The largest absolute Gasteiger partial charge is 0.454 e. The van der Waals surface area contributed by atoms with Crippen molar-refractivity contribution in [3.63, 3.8) is 0 Å². The van der Waals surface area contributed by atoms with Crippen LogP contribution in [-0.4, -0.2) is 43.0 Å². The predicted octanol–water partition coefficient (Wildman–Crippen LogP) is 3.19. The number of ether oxygens (including phenoxy) is 2. The minimum absolute atomic E-state index is 0.000716. The van der Waals surface area contributed by atoms with Crippen LogP contribution in [0.15, 0.2) is 23.4 Å². The Bertz CT molecular complexity index is 703. The molecule has 0 radical (unpaired) electrons. The van der Waals surface area contributed by atoms with Crippen LogP contribution in [0.4, 0.5) is 0 Å². The van der Waals surface area contributed by atoms with Crippen LogP contribution in [0.5, 0.6) is 11.5 Å². The summed E-state index contributed by atoms with van der Waals surface area (Å²) in [7, 11) is 0. The lowest BCUT2D eigenvalue weighted by Crippen LogP contribution is -2.45. The fourth-order valence-electron chi connectivity index (χ4n) is 4.28. The maximum Gasteiger partial charge on any atom is 0.263 e. The first-order valence-corrected chi connectivity index (χ1v) is 9.55. The molecule has 1 amide bonds. The van der Waals surface area contributed by atoms with Crippen LogP contribution in [-0.2, 0) is 9.63 Å². The van der Waals surface area contributed by atoms with Crippen molar-refractivity contribution in [1.29, 1.82) is 0 Å². The molecule has 1 aliphatic carbocycles. The van der Waals surface area contributed by atoms with Crippen LogP contribution in [0.3, 0.4) is 0 Å². The summed E-state index contributed by atoms with van der Waals surface area (Å²) in [5, 5.41) is 4.11. The number of amides is 1. The Morgan fingerprint density at radius 1 is 1.19 bits per heavy atom. The standard InChI is InChI=1S/C20H26N2O4/c1-14(16-6-7-18-19(10-16)25-13-24-18)21-26-12-20(23)22-9-8-15-4-2-3-5-17(15)11-22/h6-7,10,15,17H,2-5,8-9,11-13H2,1H3/b21-14-/t15-,17-/m1/s1. The van der Waals surface area contributed by atoms with E-state index in [9.17, 15) is 4.79 Å². The first kappa shape index (κ1) is 17.2. The van der Waals surface area contributed by atoms with Crippen molar-refractivity contribution in [3.8, 4) is 11.5 Å². The average Bonchev–Trinajstić information content (AvgIpc) is 3.15. The highest BCUT2D eigenvalue weighted by atomic mass is 16.7. The molecule has 1 saturated carbocycles. The molecular weight excluding hydrogens is 332 g/mol. The number of piperidine rings is 1. The number of fused-ring (bicyclic) bond motifs is 2. The van der Waals surface area contributed by atoms with E-state index in [2.05, 4.69) is 5.16 Å². The Hall–Kier alpha value is -2.24. The zero-order chi connectivity index (χ0) is 17.9. The van der Waals surface area contributed by atoms with Gasteiger partial charge in [0, 0.05) is 18.7 Å². The summed E-state index contributed by atoms with van der Waals surface area (Å²) in [5.41, 5.74) is 1.60. The number of hydrogen-bond donors (Lipinski definition) is 0. The molecule has 0 aromatic heterocycles. The quantitative estimate of drug-likeness (QED) is 0.613. The molecule has 0 spiro atoms. The monoisotopic (exact) mass is 358 g/mol. The van der Waals surface area contributed by atoms with Crippen LogP contribution in [0.25, 0.3) is 0 Å². The van der Waals surface area contributed by atoms with Crippen LogP contribution < -0.4 is 9.47 Å². The SMILES string of the molecule is C/C(=N/OCC(=O)N1CC[C@H]2CCCC[C@@H]2C1)c1ccc2c(c1)OCO2. The van der Waals surface area contributed by atoms with Gasteiger partial charge in [0.2, 0.25) is 6.79 Å². The summed E-state index contributed by atoms with van der Waals surface area (Å²) >= 11 is 0. The van der Waals surface area contributed by atoms with Gasteiger partial charge >= 0.3 is 0 Å². The van der Waals surface area contributed by atoms with E-state index in [1.54, 1.807) is 0 Å². The molecule has 4 rings (SSSR count). The Labute approximate surface area is 154 Å². The molecular formula is C20H26N2O4. The van der Waals surface area contributed by atoms with Gasteiger partial charge in [-0.25, -0.2) is 0 Å². The van der Waals surface area contributed by atoms with Gasteiger partial charge in [-0.15, -0.1) is 0 Å². The molecule has 2 fully saturated rings. The summed E-state index contributed by atoms with van der Waals surface area (Å²) < 4.78 is 10.7. The van der Waals surface area contributed by atoms with Gasteiger partial charge in [-0.2, -0.15) is 0 Å². The van der Waals surface area contributed by atoms with Crippen molar-refractivity contribution in [1.82, 2.24) is 4.90 Å². The first-order valence-electron chi connectivity index (χ1n) is 9.55. The van der Waals surface area contributed by atoms with Gasteiger partial charge in [-0.1, -0.05) is 24.4 Å². The van der Waals surface area contributed by atoms with Gasteiger partial charge in [0.1, 0.15) is 0 Å². The van der Waals surface area contributed by atoms with Crippen LogP contribution in [0.1, 0.15) is 44.6 Å². The Morgan fingerprint density at radius 2 is 2.00 bits per heavy atom. The fourth-order valence-corrected chi connectivity index (χ4v) is 4.28. The topological polar surface area (TPSA) is 60.4 Å². The van der Waals surface area contributed by atoms with Crippen molar-refractivity contribution in [2.75, 3.05) is 26.5 Å². The van der Waals surface area contributed by atoms with Crippen molar-refractivity contribution in [3.05, 3.63) is 23.8 Å². The van der Waals surface area contributed by atoms with E-state index in [4.69, 9.17) is 14.3 Å². The third-order valence-electron chi connectivity index (χ3n) is 5.82. The molecule has 3 aliphatic rings. The number of oxime groups is 1. The second kappa shape index (κ2) is 7.56. The lowest BCUT2D eigenvalue weighted by atomic mass is 9.75. The number of hydrogen-bond acceptors (Lipinski definition) is 5. The van der Waals surface area contributed by atoms with Crippen LogP contribution in [0.2, 0.25) is 0 Å². The third kappa shape index (κ3) is 3.64. The van der Waals surface area contributed by atoms with Gasteiger partial charge in [-0.3, -0.25) is 4.79 Å². The minimum atomic E-state index is -0.000716. The maximum atomic E-state index is 12.4. The summed E-state index contributed by atoms with van der Waals surface area (Å²) in [6.07, 6.45) is 6.39. The van der Waals surface area contributed by atoms with Crippen molar-refractivity contribution >= 4 is 11.6 Å². The van der Waals surface area contributed by atoms with Gasteiger partial charge in [0.25, 0.3) is 5.91 Å². The van der Waals surface area contributed by atoms with Crippen molar-refractivity contribution in [2.45, 2.75) is 39.0 Å². The zero-order valence-electron chi connectivity index (χ0n) is 15.3. The molecule has 1 aromatic rings. The summed E-state index contributed by atoms with van der Waals surface area (Å²) in [6, 6.07) is 5.64. The highest BCUT2D eigenvalue weighted by Gasteiger charge is 2.32. The minimum Gasteiger partial charge on any atom is -0.454 e. The number of carbonyl (C=O) groups excluding carboxylic acids is 1. The summed E-state index contributed by atoms with van der Waals surface area (Å²) in [6.45, 7) is 3.85. The smallest absolute Gasteiger partial charge is 0.263 e. The molecule has 6 heteroatoms. The van der Waals surface area contributed by atoms with E-state index in [1.807, 2.05) is 30.0 Å². The lowest BCUT2D eigenvalue weighted by Gasteiger charge is -2.41. The van der Waals surface area contributed by atoms with Crippen molar-refractivity contribution < 1.29 is 19.1 Å². The Balaban J connectivity index is 1.29. The number of nitrogens with zero attached hydrogens (tertiary/aromatic N) is 2. The highest BCUT2D eigenvalue weighted by Crippen LogP contribution is 2.36. The van der Waals surface area contributed by atoms with Crippen LogP contribution in [0, 0.1) is 11.8 Å².